The minimum atomic E-state index is 0.421. The standard InChI is InChI=1S/C14H23N3/c1-14(2,3)10-4-5-12-11(6-10)13(17-16-12)9-7-15-8-9/h9-10,15H,4-8H2,1-3H3,(H,16,17). The molecule has 2 aliphatic rings. The monoisotopic (exact) mass is 233 g/mol. The van der Waals surface area contributed by atoms with Crippen molar-refractivity contribution in [3.63, 3.8) is 0 Å². The number of rotatable bonds is 1. The van der Waals surface area contributed by atoms with Crippen molar-refractivity contribution in [2.75, 3.05) is 13.1 Å². The van der Waals surface area contributed by atoms with Crippen LogP contribution in [0.4, 0.5) is 0 Å². The molecule has 94 valence electrons. The lowest BCUT2D eigenvalue weighted by atomic mass is 9.71. The van der Waals surface area contributed by atoms with E-state index in [1.54, 1.807) is 5.56 Å². The Hall–Kier alpha value is -0.830. The van der Waals surface area contributed by atoms with E-state index in [1.165, 1.54) is 30.7 Å². The quantitative estimate of drug-likeness (QED) is 0.781. The fraction of sp³-hybridized carbons (Fsp3) is 0.786. The molecule has 1 atom stereocenters. The van der Waals surface area contributed by atoms with Gasteiger partial charge in [-0.1, -0.05) is 20.8 Å². The summed E-state index contributed by atoms with van der Waals surface area (Å²) >= 11 is 0. The lowest BCUT2D eigenvalue weighted by Crippen LogP contribution is -2.41. The number of fused-ring (bicyclic) bond motifs is 1. The van der Waals surface area contributed by atoms with Crippen LogP contribution in [0.25, 0.3) is 0 Å². The summed E-state index contributed by atoms with van der Waals surface area (Å²) < 4.78 is 0. The molecular formula is C14H23N3. The molecule has 2 heterocycles. The van der Waals surface area contributed by atoms with Gasteiger partial charge in [0.25, 0.3) is 0 Å². The lowest BCUT2D eigenvalue weighted by molar-refractivity contribution is 0.214. The molecule has 0 saturated carbocycles. The van der Waals surface area contributed by atoms with Gasteiger partial charge in [0.05, 0.1) is 5.69 Å². The van der Waals surface area contributed by atoms with Gasteiger partial charge in [-0.05, 0) is 36.2 Å². The first-order valence-corrected chi connectivity index (χ1v) is 6.82. The van der Waals surface area contributed by atoms with Gasteiger partial charge in [-0.25, -0.2) is 0 Å². The highest BCUT2D eigenvalue weighted by atomic mass is 15.1. The number of nitrogens with zero attached hydrogens (tertiary/aromatic N) is 1. The van der Waals surface area contributed by atoms with Crippen LogP contribution in [0.15, 0.2) is 0 Å². The van der Waals surface area contributed by atoms with E-state index in [0.717, 1.165) is 19.0 Å². The minimum absolute atomic E-state index is 0.421. The Kier molecular flexibility index (Phi) is 2.54. The molecule has 17 heavy (non-hydrogen) atoms. The van der Waals surface area contributed by atoms with Crippen LogP contribution in [-0.4, -0.2) is 23.3 Å². The summed E-state index contributed by atoms with van der Waals surface area (Å²) in [7, 11) is 0. The highest BCUT2D eigenvalue weighted by Gasteiger charge is 2.34. The van der Waals surface area contributed by atoms with Crippen molar-refractivity contribution < 1.29 is 0 Å². The van der Waals surface area contributed by atoms with Gasteiger partial charge in [-0.2, -0.15) is 5.10 Å². The molecule has 3 nitrogen and oxygen atoms in total. The molecule has 1 aliphatic heterocycles. The number of aryl methyl sites for hydroxylation is 1. The number of hydrogen-bond acceptors (Lipinski definition) is 2. The Balaban J connectivity index is 1.86. The second-order valence-corrected chi connectivity index (χ2v) is 6.73. The van der Waals surface area contributed by atoms with E-state index in [-0.39, 0.29) is 0 Å². The summed E-state index contributed by atoms with van der Waals surface area (Å²) in [6.45, 7) is 9.32. The molecule has 2 N–H and O–H groups in total. The highest BCUT2D eigenvalue weighted by molar-refractivity contribution is 5.32. The third-order valence-corrected chi connectivity index (χ3v) is 4.57. The molecule has 1 unspecified atom stereocenters. The van der Waals surface area contributed by atoms with Crippen LogP contribution in [0.2, 0.25) is 0 Å². The van der Waals surface area contributed by atoms with Crippen LogP contribution < -0.4 is 5.32 Å². The molecule has 0 aromatic carbocycles. The van der Waals surface area contributed by atoms with Gasteiger partial charge in [0, 0.05) is 24.7 Å². The van der Waals surface area contributed by atoms with E-state index in [2.05, 4.69) is 36.3 Å². The van der Waals surface area contributed by atoms with Crippen molar-refractivity contribution in [1.82, 2.24) is 15.5 Å². The van der Waals surface area contributed by atoms with Crippen LogP contribution >= 0.6 is 0 Å². The largest absolute Gasteiger partial charge is 0.315 e. The Bertz CT molecular complexity index is 410. The van der Waals surface area contributed by atoms with Gasteiger partial charge in [0.15, 0.2) is 0 Å². The molecular weight excluding hydrogens is 210 g/mol. The predicted molar refractivity (Wildman–Crippen MR) is 69.2 cm³/mol. The average Bonchev–Trinajstić information content (AvgIpc) is 2.57. The topological polar surface area (TPSA) is 40.7 Å². The van der Waals surface area contributed by atoms with Crippen molar-refractivity contribution >= 4 is 0 Å². The van der Waals surface area contributed by atoms with Crippen molar-refractivity contribution in [3.8, 4) is 0 Å². The second kappa shape index (κ2) is 3.84. The fourth-order valence-electron chi connectivity index (χ4n) is 3.08. The summed E-state index contributed by atoms with van der Waals surface area (Å²) in [5.74, 6) is 1.47. The second-order valence-electron chi connectivity index (χ2n) is 6.73. The molecule has 0 radical (unpaired) electrons. The highest BCUT2D eigenvalue weighted by Crippen LogP contribution is 2.39. The summed E-state index contributed by atoms with van der Waals surface area (Å²) in [5.41, 5.74) is 4.73. The Labute approximate surface area is 103 Å². The lowest BCUT2D eigenvalue weighted by Gasteiger charge is -2.35. The van der Waals surface area contributed by atoms with E-state index in [0.29, 0.717) is 11.3 Å². The molecule has 1 saturated heterocycles. The number of aromatic amines is 1. The maximum absolute atomic E-state index is 4.57. The van der Waals surface area contributed by atoms with Crippen molar-refractivity contribution in [2.45, 2.75) is 46.0 Å². The first kappa shape index (κ1) is 11.3. The Morgan fingerprint density at radius 2 is 2.00 bits per heavy atom. The maximum atomic E-state index is 4.57. The van der Waals surface area contributed by atoms with E-state index in [1.807, 2.05) is 0 Å². The van der Waals surface area contributed by atoms with Crippen LogP contribution in [0.5, 0.6) is 0 Å². The summed E-state index contributed by atoms with van der Waals surface area (Å²) in [4.78, 5) is 0. The molecule has 1 fully saturated rings. The maximum Gasteiger partial charge on any atom is 0.0713 e. The summed E-state index contributed by atoms with van der Waals surface area (Å²) in [6, 6.07) is 0. The molecule has 3 heteroatoms. The SMILES string of the molecule is CC(C)(C)C1CCc2[nH]nc(C3CNC3)c2C1. The zero-order chi connectivity index (χ0) is 12.0. The van der Waals surface area contributed by atoms with E-state index in [9.17, 15) is 0 Å². The van der Waals surface area contributed by atoms with E-state index < -0.39 is 0 Å². The van der Waals surface area contributed by atoms with Crippen LogP contribution in [0, 0.1) is 11.3 Å². The van der Waals surface area contributed by atoms with Crippen LogP contribution in [0.3, 0.4) is 0 Å². The van der Waals surface area contributed by atoms with Gasteiger partial charge in [-0.3, -0.25) is 5.10 Å². The van der Waals surface area contributed by atoms with Crippen molar-refractivity contribution in [1.29, 1.82) is 0 Å². The molecule has 0 bridgehead atoms. The zero-order valence-electron chi connectivity index (χ0n) is 11.1. The normalized spacial score (nSPS) is 25.5. The molecule has 3 rings (SSSR count). The van der Waals surface area contributed by atoms with Crippen molar-refractivity contribution in [2.24, 2.45) is 11.3 Å². The predicted octanol–water partition coefficient (Wildman–Crippen LogP) is 2.25. The van der Waals surface area contributed by atoms with Gasteiger partial charge >= 0.3 is 0 Å². The first-order valence-electron chi connectivity index (χ1n) is 6.82. The van der Waals surface area contributed by atoms with Gasteiger partial charge < -0.3 is 5.32 Å². The Morgan fingerprint density at radius 3 is 2.59 bits per heavy atom. The number of nitrogens with one attached hydrogen (secondary N) is 2. The van der Waals surface area contributed by atoms with Gasteiger partial charge in [-0.15, -0.1) is 0 Å². The number of aromatic nitrogens is 2. The third-order valence-electron chi connectivity index (χ3n) is 4.57. The summed E-state index contributed by atoms with van der Waals surface area (Å²) in [6.07, 6.45) is 3.71. The Morgan fingerprint density at radius 1 is 1.24 bits per heavy atom. The smallest absolute Gasteiger partial charge is 0.0713 e. The molecule has 1 aliphatic carbocycles. The number of H-pyrrole nitrogens is 1. The molecule has 0 amide bonds. The summed E-state index contributed by atoms with van der Waals surface area (Å²) in [5, 5.41) is 11.2. The third kappa shape index (κ3) is 1.90. The van der Waals surface area contributed by atoms with Gasteiger partial charge in [0.1, 0.15) is 0 Å². The molecule has 0 spiro atoms. The average molecular weight is 233 g/mol. The molecule has 1 aromatic heterocycles. The fourth-order valence-corrected chi connectivity index (χ4v) is 3.08. The zero-order valence-corrected chi connectivity index (χ0v) is 11.1. The van der Waals surface area contributed by atoms with Crippen molar-refractivity contribution in [3.05, 3.63) is 17.0 Å². The van der Waals surface area contributed by atoms with E-state index >= 15 is 0 Å². The van der Waals surface area contributed by atoms with Crippen LogP contribution in [0.1, 0.15) is 50.1 Å². The van der Waals surface area contributed by atoms with Crippen LogP contribution in [-0.2, 0) is 12.8 Å². The number of hydrogen-bond donors (Lipinski definition) is 2. The van der Waals surface area contributed by atoms with E-state index in [4.69, 9.17) is 0 Å². The van der Waals surface area contributed by atoms with Gasteiger partial charge in [0.2, 0.25) is 0 Å². The molecule has 1 aromatic rings. The minimum Gasteiger partial charge on any atom is -0.315 e. The first-order chi connectivity index (χ1) is 8.05.